The van der Waals surface area contributed by atoms with Gasteiger partial charge < -0.3 is 10.2 Å². The summed E-state index contributed by atoms with van der Waals surface area (Å²) in [5, 5.41) is 2.98. The van der Waals surface area contributed by atoms with Crippen LogP contribution in [0.2, 0.25) is 0 Å². The molecule has 1 heterocycles. The molecular formula is C14H20BrN2O+. The molecule has 4 heteroatoms. The van der Waals surface area contributed by atoms with Gasteiger partial charge in [-0.1, -0.05) is 15.9 Å². The summed E-state index contributed by atoms with van der Waals surface area (Å²) in [5.74, 6) is 0.119. The number of hydrogen-bond donors (Lipinski definition) is 2. The van der Waals surface area contributed by atoms with Crippen molar-refractivity contribution < 1.29 is 9.69 Å². The fraction of sp³-hybridized carbons (Fsp3) is 0.500. The first-order valence-corrected chi connectivity index (χ1v) is 7.34. The molecule has 0 aliphatic carbocycles. The van der Waals surface area contributed by atoms with Crippen LogP contribution in [0.1, 0.15) is 24.8 Å². The van der Waals surface area contributed by atoms with Gasteiger partial charge in [0.15, 0.2) is 6.54 Å². The van der Waals surface area contributed by atoms with Crippen LogP contribution in [0.5, 0.6) is 0 Å². The van der Waals surface area contributed by atoms with Gasteiger partial charge in [-0.25, -0.2) is 0 Å². The van der Waals surface area contributed by atoms with Gasteiger partial charge in [0.1, 0.15) is 0 Å². The van der Waals surface area contributed by atoms with E-state index in [0.29, 0.717) is 6.54 Å². The lowest BCUT2D eigenvalue weighted by molar-refractivity contribution is -0.896. The Morgan fingerprint density at radius 2 is 2.06 bits per heavy atom. The first-order valence-electron chi connectivity index (χ1n) is 6.55. The Kier molecular flexibility index (Phi) is 4.78. The molecule has 0 atom stereocenters. The summed E-state index contributed by atoms with van der Waals surface area (Å²) in [5.41, 5.74) is 2.02. The number of amides is 1. The van der Waals surface area contributed by atoms with Crippen LogP contribution in [0.25, 0.3) is 0 Å². The third kappa shape index (κ3) is 3.82. The number of piperidine rings is 1. The molecule has 0 radical (unpaired) electrons. The van der Waals surface area contributed by atoms with Gasteiger partial charge in [0, 0.05) is 10.2 Å². The van der Waals surface area contributed by atoms with Crippen molar-refractivity contribution in [2.75, 3.05) is 25.0 Å². The van der Waals surface area contributed by atoms with Crippen molar-refractivity contribution in [2.45, 2.75) is 26.2 Å². The molecule has 1 aliphatic heterocycles. The van der Waals surface area contributed by atoms with E-state index in [1.165, 1.54) is 24.2 Å². The fourth-order valence-electron chi connectivity index (χ4n) is 2.38. The van der Waals surface area contributed by atoms with Gasteiger partial charge in [0.2, 0.25) is 0 Å². The number of aryl methyl sites for hydroxylation is 1. The SMILES string of the molecule is Cc1cc(NC(=O)C[NH+]2CCCCC2)ccc1Br. The standard InChI is InChI=1S/C14H19BrN2O/c1-11-9-12(5-6-13(11)15)16-14(18)10-17-7-3-2-4-8-17/h5-6,9H,2-4,7-8,10H2,1H3,(H,16,18)/p+1. The number of rotatable bonds is 3. The van der Waals surface area contributed by atoms with Crippen LogP contribution in [0.4, 0.5) is 5.69 Å². The Bertz CT molecular complexity index is 428. The van der Waals surface area contributed by atoms with Crippen LogP contribution < -0.4 is 10.2 Å². The van der Waals surface area contributed by atoms with Crippen LogP contribution in [0.3, 0.4) is 0 Å². The molecule has 2 N–H and O–H groups in total. The lowest BCUT2D eigenvalue weighted by atomic mass is 10.1. The molecule has 1 aromatic rings. The van der Waals surface area contributed by atoms with Gasteiger partial charge >= 0.3 is 0 Å². The molecule has 18 heavy (non-hydrogen) atoms. The van der Waals surface area contributed by atoms with Crippen LogP contribution in [-0.4, -0.2) is 25.5 Å². The lowest BCUT2D eigenvalue weighted by Crippen LogP contribution is -3.13. The van der Waals surface area contributed by atoms with Gasteiger partial charge in [-0.3, -0.25) is 4.79 Å². The van der Waals surface area contributed by atoms with Crippen LogP contribution in [0.15, 0.2) is 22.7 Å². The number of benzene rings is 1. The van der Waals surface area contributed by atoms with Crippen LogP contribution in [-0.2, 0) is 4.79 Å². The van der Waals surface area contributed by atoms with E-state index in [1.54, 1.807) is 0 Å². The molecule has 1 saturated heterocycles. The molecule has 0 bridgehead atoms. The van der Waals surface area contributed by atoms with Crippen molar-refractivity contribution in [3.63, 3.8) is 0 Å². The van der Waals surface area contributed by atoms with Crippen LogP contribution >= 0.6 is 15.9 Å². The van der Waals surface area contributed by atoms with E-state index in [0.717, 1.165) is 28.8 Å². The zero-order valence-electron chi connectivity index (χ0n) is 10.8. The molecule has 0 aromatic heterocycles. The van der Waals surface area contributed by atoms with Crippen molar-refractivity contribution in [1.82, 2.24) is 0 Å². The average molecular weight is 312 g/mol. The maximum atomic E-state index is 11.9. The Morgan fingerprint density at radius 3 is 2.72 bits per heavy atom. The third-order valence-corrected chi connectivity index (χ3v) is 4.30. The van der Waals surface area contributed by atoms with Gasteiger partial charge in [-0.05, 0) is 49.9 Å². The summed E-state index contributed by atoms with van der Waals surface area (Å²) < 4.78 is 1.07. The molecule has 3 nitrogen and oxygen atoms in total. The molecule has 2 rings (SSSR count). The summed E-state index contributed by atoms with van der Waals surface area (Å²) in [6.45, 7) is 4.88. The van der Waals surface area contributed by atoms with Gasteiger partial charge in [-0.2, -0.15) is 0 Å². The van der Waals surface area contributed by atoms with Crippen molar-refractivity contribution in [3.8, 4) is 0 Å². The Morgan fingerprint density at radius 1 is 1.33 bits per heavy atom. The first kappa shape index (κ1) is 13.6. The van der Waals surface area contributed by atoms with E-state index in [4.69, 9.17) is 0 Å². The topological polar surface area (TPSA) is 33.5 Å². The summed E-state index contributed by atoms with van der Waals surface area (Å²) >= 11 is 3.46. The van der Waals surface area contributed by atoms with E-state index in [2.05, 4.69) is 21.2 Å². The van der Waals surface area contributed by atoms with Gasteiger partial charge in [0.05, 0.1) is 13.1 Å². The van der Waals surface area contributed by atoms with E-state index in [-0.39, 0.29) is 5.91 Å². The number of halogens is 1. The second kappa shape index (κ2) is 6.34. The molecule has 1 aromatic carbocycles. The number of nitrogens with one attached hydrogen (secondary N) is 2. The molecule has 1 fully saturated rings. The Balaban J connectivity index is 1.88. The smallest absolute Gasteiger partial charge is 0.279 e. The minimum Gasteiger partial charge on any atom is -0.327 e. The zero-order chi connectivity index (χ0) is 13.0. The zero-order valence-corrected chi connectivity index (χ0v) is 12.3. The van der Waals surface area contributed by atoms with Crippen molar-refractivity contribution >= 4 is 27.5 Å². The summed E-state index contributed by atoms with van der Waals surface area (Å²) in [7, 11) is 0. The summed E-state index contributed by atoms with van der Waals surface area (Å²) in [6, 6.07) is 5.90. The van der Waals surface area contributed by atoms with Crippen molar-refractivity contribution in [1.29, 1.82) is 0 Å². The molecule has 98 valence electrons. The monoisotopic (exact) mass is 311 g/mol. The van der Waals surface area contributed by atoms with Crippen molar-refractivity contribution in [2.24, 2.45) is 0 Å². The number of quaternary nitrogens is 1. The second-order valence-corrected chi connectivity index (χ2v) is 5.85. The maximum Gasteiger partial charge on any atom is 0.279 e. The minimum atomic E-state index is 0.119. The second-order valence-electron chi connectivity index (χ2n) is 5.00. The highest BCUT2D eigenvalue weighted by Gasteiger charge is 2.17. The molecule has 0 spiro atoms. The minimum absolute atomic E-state index is 0.119. The molecular weight excluding hydrogens is 292 g/mol. The number of hydrogen-bond acceptors (Lipinski definition) is 1. The highest BCUT2D eigenvalue weighted by Crippen LogP contribution is 2.19. The Hall–Kier alpha value is -0.870. The maximum absolute atomic E-state index is 11.9. The molecule has 1 amide bonds. The number of anilines is 1. The molecule has 1 aliphatic rings. The third-order valence-electron chi connectivity index (χ3n) is 3.41. The first-order chi connectivity index (χ1) is 8.65. The average Bonchev–Trinajstić information content (AvgIpc) is 2.35. The van der Waals surface area contributed by atoms with E-state index in [9.17, 15) is 4.79 Å². The fourth-order valence-corrected chi connectivity index (χ4v) is 2.63. The lowest BCUT2D eigenvalue weighted by Gasteiger charge is -2.22. The highest BCUT2D eigenvalue weighted by atomic mass is 79.9. The Labute approximate surface area is 117 Å². The number of carbonyl (C=O) groups excluding carboxylic acids is 1. The van der Waals surface area contributed by atoms with Crippen LogP contribution in [0, 0.1) is 6.92 Å². The van der Waals surface area contributed by atoms with E-state index in [1.807, 2.05) is 25.1 Å². The highest BCUT2D eigenvalue weighted by molar-refractivity contribution is 9.10. The quantitative estimate of drug-likeness (QED) is 0.876. The predicted octanol–water partition coefficient (Wildman–Crippen LogP) is 1.76. The molecule has 0 unspecified atom stereocenters. The van der Waals surface area contributed by atoms with Gasteiger partial charge in [-0.15, -0.1) is 0 Å². The van der Waals surface area contributed by atoms with Crippen molar-refractivity contribution in [3.05, 3.63) is 28.2 Å². The summed E-state index contributed by atoms with van der Waals surface area (Å²) in [6.07, 6.45) is 3.82. The largest absolute Gasteiger partial charge is 0.327 e. The normalized spacial score (nSPS) is 16.6. The van der Waals surface area contributed by atoms with Gasteiger partial charge in [0.25, 0.3) is 5.91 Å². The summed E-state index contributed by atoms with van der Waals surface area (Å²) in [4.78, 5) is 13.3. The predicted molar refractivity (Wildman–Crippen MR) is 76.9 cm³/mol. The molecule has 0 saturated carbocycles. The number of likely N-dealkylation sites (tertiary alicyclic amines) is 1. The van der Waals surface area contributed by atoms with E-state index < -0.39 is 0 Å². The van der Waals surface area contributed by atoms with E-state index >= 15 is 0 Å². The number of carbonyl (C=O) groups is 1.